The largest absolute Gasteiger partial charge is 0.396 e. The highest BCUT2D eigenvalue weighted by molar-refractivity contribution is 7.90. The molecule has 2 N–H and O–H groups in total. The van der Waals surface area contributed by atoms with Gasteiger partial charge in [0.1, 0.15) is 5.82 Å². The Morgan fingerprint density at radius 3 is 2.74 bits per heavy atom. The monoisotopic (exact) mass is 283 g/mol. The van der Waals surface area contributed by atoms with Gasteiger partial charge in [-0.3, -0.25) is 4.68 Å². The van der Waals surface area contributed by atoms with Crippen molar-refractivity contribution in [3.8, 4) is 0 Å². The van der Waals surface area contributed by atoms with E-state index in [1.54, 1.807) is 10.9 Å². The number of sulfone groups is 1. The predicted octanol–water partition coefficient (Wildman–Crippen LogP) is 1.60. The Kier molecular flexibility index (Phi) is 3.57. The fourth-order valence-electron chi connectivity index (χ4n) is 1.66. The summed E-state index contributed by atoms with van der Waals surface area (Å²) in [6, 6.07) is 3.49. The highest BCUT2D eigenvalue weighted by Crippen LogP contribution is 2.20. The Balaban J connectivity index is 2.29. The van der Waals surface area contributed by atoms with Crippen molar-refractivity contribution in [2.75, 3.05) is 5.73 Å². The third-order valence-corrected chi connectivity index (χ3v) is 4.38. The van der Waals surface area contributed by atoms with Crippen LogP contribution < -0.4 is 5.73 Å². The van der Waals surface area contributed by atoms with E-state index in [4.69, 9.17) is 5.73 Å². The number of benzene rings is 1. The molecule has 2 rings (SSSR count). The Morgan fingerprint density at radius 2 is 2.16 bits per heavy atom. The molecule has 0 spiro atoms. The summed E-state index contributed by atoms with van der Waals surface area (Å²) in [4.78, 5) is -0.0801. The first kappa shape index (κ1) is 13.5. The minimum Gasteiger partial charge on any atom is -0.396 e. The fourth-order valence-corrected chi connectivity index (χ4v) is 2.97. The van der Waals surface area contributed by atoms with Gasteiger partial charge in [-0.25, -0.2) is 12.8 Å². The van der Waals surface area contributed by atoms with Crippen molar-refractivity contribution in [3.63, 3.8) is 0 Å². The number of anilines is 1. The maximum absolute atomic E-state index is 13.3. The molecule has 0 amide bonds. The Morgan fingerprint density at radius 1 is 1.42 bits per heavy atom. The van der Waals surface area contributed by atoms with Crippen LogP contribution in [0.5, 0.6) is 0 Å². The molecule has 5 nitrogen and oxygen atoms in total. The average molecular weight is 283 g/mol. The van der Waals surface area contributed by atoms with Gasteiger partial charge in [-0.1, -0.05) is 0 Å². The van der Waals surface area contributed by atoms with Crippen LogP contribution in [0.1, 0.15) is 12.5 Å². The van der Waals surface area contributed by atoms with Crippen molar-refractivity contribution < 1.29 is 12.8 Å². The lowest BCUT2D eigenvalue weighted by Gasteiger charge is -2.04. The van der Waals surface area contributed by atoms with Crippen molar-refractivity contribution in [3.05, 3.63) is 42.0 Å². The normalized spacial score (nSPS) is 11.7. The number of hydrogen-bond acceptors (Lipinski definition) is 4. The number of halogens is 1. The van der Waals surface area contributed by atoms with Crippen LogP contribution in [0.4, 0.5) is 10.1 Å². The van der Waals surface area contributed by atoms with Crippen LogP contribution in [0.2, 0.25) is 0 Å². The van der Waals surface area contributed by atoms with E-state index >= 15 is 0 Å². The number of nitrogens with zero attached hydrogens (tertiary/aromatic N) is 2. The van der Waals surface area contributed by atoms with Crippen LogP contribution in [0.15, 0.2) is 35.5 Å². The van der Waals surface area contributed by atoms with Crippen molar-refractivity contribution >= 4 is 15.5 Å². The second-order valence-electron chi connectivity index (χ2n) is 4.15. The first-order valence-corrected chi connectivity index (χ1v) is 7.36. The van der Waals surface area contributed by atoms with Crippen molar-refractivity contribution in [2.45, 2.75) is 24.1 Å². The molecule has 0 fully saturated rings. The molecule has 19 heavy (non-hydrogen) atoms. The van der Waals surface area contributed by atoms with Gasteiger partial charge >= 0.3 is 0 Å². The van der Waals surface area contributed by atoms with Gasteiger partial charge in [0, 0.05) is 18.3 Å². The number of aromatic nitrogens is 2. The number of hydrogen-bond donors (Lipinski definition) is 1. The summed E-state index contributed by atoms with van der Waals surface area (Å²) < 4.78 is 39.2. The first-order valence-electron chi connectivity index (χ1n) is 5.71. The SMILES string of the molecule is CCn1cc(CS(=O)(=O)c2ccc(N)c(F)c2)cn1. The molecule has 1 aromatic carbocycles. The molecule has 0 aliphatic rings. The summed E-state index contributed by atoms with van der Waals surface area (Å²) in [5, 5.41) is 4.00. The highest BCUT2D eigenvalue weighted by atomic mass is 32.2. The van der Waals surface area contributed by atoms with Crippen molar-refractivity contribution in [1.29, 1.82) is 0 Å². The van der Waals surface area contributed by atoms with Gasteiger partial charge in [0.2, 0.25) is 0 Å². The van der Waals surface area contributed by atoms with Crippen molar-refractivity contribution in [1.82, 2.24) is 9.78 Å². The van der Waals surface area contributed by atoms with Crippen molar-refractivity contribution in [2.24, 2.45) is 0 Å². The summed E-state index contributed by atoms with van der Waals surface area (Å²) in [6.07, 6.45) is 3.15. The first-order chi connectivity index (χ1) is 8.92. The zero-order valence-electron chi connectivity index (χ0n) is 10.4. The molecule has 0 saturated heterocycles. The quantitative estimate of drug-likeness (QED) is 0.864. The van der Waals surface area contributed by atoms with E-state index in [0.29, 0.717) is 12.1 Å². The molecule has 1 heterocycles. The molecule has 7 heteroatoms. The zero-order valence-corrected chi connectivity index (χ0v) is 11.2. The molecule has 0 radical (unpaired) electrons. The third-order valence-electron chi connectivity index (χ3n) is 2.70. The predicted molar refractivity (Wildman–Crippen MR) is 69.6 cm³/mol. The minimum atomic E-state index is -3.60. The summed E-state index contributed by atoms with van der Waals surface area (Å²) in [7, 11) is -3.60. The molecule has 0 aliphatic heterocycles. The van der Waals surface area contributed by atoms with Crippen LogP contribution >= 0.6 is 0 Å². The summed E-state index contributed by atoms with van der Waals surface area (Å²) in [5.74, 6) is -0.943. The van der Waals surface area contributed by atoms with Gasteiger partial charge in [0.05, 0.1) is 22.5 Å². The topological polar surface area (TPSA) is 78.0 Å². The standard InChI is InChI=1S/C12H14FN3O2S/c1-2-16-7-9(6-15-16)8-19(17,18)10-3-4-12(14)11(13)5-10/h3-7H,2,8,14H2,1H3. The molecular weight excluding hydrogens is 269 g/mol. The molecule has 1 aromatic heterocycles. The second kappa shape index (κ2) is 5.00. The maximum Gasteiger partial charge on any atom is 0.182 e. The molecular formula is C12H14FN3O2S. The average Bonchev–Trinajstić information content (AvgIpc) is 2.79. The number of nitrogen functional groups attached to an aromatic ring is 1. The Labute approximate surface area is 110 Å². The van der Waals surface area contributed by atoms with Gasteiger partial charge in [0.15, 0.2) is 9.84 Å². The highest BCUT2D eigenvalue weighted by Gasteiger charge is 2.17. The third kappa shape index (κ3) is 2.93. The summed E-state index contributed by atoms with van der Waals surface area (Å²) in [6.45, 7) is 2.57. The molecule has 0 bridgehead atoms. The van der Waals surface area contributed by atoms with E-state index in [-0.39, 0.29) is 16.3 Å². The lowest BCUT2D eigenvalue weighted by Crippen LogP contribution is -2.05. The minimum absolute atomic E-state index is 0.0715. The Bertz CT molecular complexity index is 695. The fraction of sp³-hybridized carbons (Fsp3) is 0.250. The van der Waals surface area contributed by atoms with Crippen LogP contribution in [-0.4, -0.2) is 18.2 Å². The van der Waals surface area contributed by atoms with Crippen LogP contribution in [0.3, 0.4) is 0 Å². The van der Waals surface area contributed by atoms with E-state index in [9.17, 15) is 12.8 Å². The van der Waals surface area contributed by atoms with E-state index in [1.807, 2.05) is 6.92 Å². The van der Waals surface area contributed by atoms with E-state index in [0.717, 1.165) is 6.07 Å². The molecule has 0 atom stereocenters. The molecule has 0 aliphatic carbocycles. The van der Waals surface area contributed by atoms with Crippen LogP contribution in [0, 0.1) is 5.82 Å². The molecule has 0 saturated carbocycles. The van der Waals surface area contributed by atoms with Gasteiger partial charge < -0.3 is 5.73 Å². The maximum atomic E-state index is 13.3. The van der Waals surface area contributed by atoms with Crippen LogP contribution in [-0.2, 0) is 22.1 Å². The summed E-state index contributed by atoms with van der Waals surface area (Å²) in [5.41, 5.74) is 5.82. The van der Waals surface area contributed by atoms with E-state index in [1.165, 1.54) is 18.3 Å². The molecule has 0 unspecified atom stereocenters. The van der Waals surface area contributed by atoms with E-state index < -0.39 is 15.7 Å². The van der Waals surface area contributed by atoms with Gasteiger partial charge in [-0.15, -0.1) is 0 Å². The lowest BCUT2D eigenvalue weighted by molar-refractivity contribution is 0.591. The molecule has 102 valence electrons. The van der Waals surface area contributed by atoms with Gasteiger partial charge in [-0.05, 0) is 25.1 Å². The smallest absolute Gasteiger partial charge is 0.182 e. The Hall–Kier alpha value is -1.89. The number of aryl methyl sites for hydroxylation is 1. The number of rotatable bonds is 4. The summed E-state index contributed by atoms with van der Waals surface area (Å²) >= 11 is 0. The second-order valence-corrected chi connectivity index (χ2v) is 6.14. The molecule has 2 aromatic rings. The lowest BCUT2D eigenvalue weighted by atomic mass is 10.3. The number of nitrogens with two attached hydrogens (primary N) is 1. The van der Waals surface area contributed by atoms with E-state index in [2.05, 4.69) is 5.10 Å². The van der Waals surface area contributed by atoms with Gasteiger partial charge in [-0.2, -0.15) is 5.10 Å². The van der Waals surface area contributed by atoms with Crippen LogP contribution in [0.25, 0.3) is 0 Å². The zero-order chi connectivity index (χ0) is 14.0. The van der Waals surface area contributed by atoms with Gasteiger partial charge in [0.25, 0.3) is 0 Å².